The number of unbranched alkanes of at least 4 members (excludes halogenated alkanes) is 2. The van der Waals surface area contributed by atoms with Crippen molar-refractivity contribution in [1.82, 2.24) is 4.90 Å². The second-order valence-corrected chi connectivity index (χ2v) is 6.71. The smallest absolute Gasteiger partial charge is 0.305 e. The van der Waals surface area contributed by atoms with Gasteiger partial charge in [-0.3, -0.25) is 4.79 Å². The maximum Gasteiger partial charge on any atom is 0.305 e. The van der Waals surface area contributed by atoms with Gasteiger partial charge in [0.15, 0.2) is 0 Å². The van der Waals surface area contributed by atoms with E-state index in [1.54, 1.807) is 0 Å². The number of likely N-dealkylation sites (tertiary alicyclic amines) is 1. The monoisotopic (exact) mass is 297 g/mol. The first-order chi connectivity index (χ1) is 10.1. The molecule has 0 amide bonds. The number of ether oxygens (including phenoxy) is 1. The summed E-state index contributed by atoms with van der Waals surface area (Å²) in [6, 6.07) is 0. The van der Waals surface area contributed by atoms with Crippen LogP contribution in [0.5, 0.6) is 0 Å². The number of fused-ring (bicyclic) bond motifs is 1. The average Bonchev–Trinajstić information content (AvgIpc) is 2.47. The van der Waals surface area contributed by atoms with E-state index in [0.29, 0.717) is 18.9 Å². The number of rotatable bonds is 7. The van der Waals surface area contributed by atoms with Crippen LogP contribution in [0.2, 0.25) is 0 Å². The summed E-state index contributed by atoms with van der Waals surface area (Å²) in [5, 5.41) is 10.7. The Labute approximate surface area is 128 Å². The number of hydrogen-bond acceptors (Lipinski definition) is 4. The molecule has 2 atom stereocenters. The zero-order valence-electron chi connectivity index (χ0n) is 13.5. The number of piperidine rings is 1. The average molecular weight is 297 g/mol. The van der Waals surface area contributed by atoms with E-state index < -0.39 is 0 Å². The molecule has 0 aromatic heterocycles. The van der Waals surface area contributed by atoms with Crippen LogP contribution in [0.25, 0.3) is 0 Å². The van der Waals surface area contributed by atoms with Crippen LogP contribution in [0.3, 0.4) is 0 Å². The lowest BCUT2D eigenvalue weighted by Gasteiger charge is -2.47. The molecule has 2 fully saturated rings. The molecule has 21 heavy (non-hydrogen) atoms. The Bertz CT molecular complexity index is 334. The molecule has 2 aliphatic rings. The van der Waals surface area contributed by atoms with Gasteiger partial charge in [0.1, 0.15) is 0 Å². The minimum Gasteiger partial charge on any atom is -0.466 e. The summed E-state index contributed by atoms with van der Waals surface area (Å²) >= 11 is 0. The van der Waals surface area contributed by atoms with Gasteiger partial charge in [0.2, 0.25) is 0 Å². The Kier molecular flexibility index (Phi) is 6.49. The maximum atomic E-state index is 11.2. The van der Waals surface area contributed by atoms with Gasteiger partial charge in [0, 0.05) is 25.4 Å². The van der Waals surface area contributed by atoms with Crippen molar-refractivity contribution in [1.29, 1.82) is 0 Å². The highest BCUT2D eigenvalue weighted by Gasteiger charge is 2.42. The highest BCUT2D eigenvalue weighted by Crippen LogP contribution is 2.39. The van der Waals surface area contributed by atoms with Crippen molar-refractivity contribution >= 4 is 5.97 Å². The van der Waals surface area contributed by atoms with Crippen LogP contribution in [-0.4, -0.2) is 47.8 Å². The molecular formula is C17H31NO3. The molecule has 2 rings (SSSR count). The van der Waals surface area contributed by atoms with E-state index in [9.17, 15) is 9.90 Å². The quantitative estimate of drug-likeness (QED) is 0.580. The van der Waals surface area contributed by atoms with Crippen LogP contribution in [0.15, 0.2) is 0 Å². The predicted molar refractivity (Wildman–Crippen MR) is 83.1 cm³/mol. The molecule has 4 nitrogen and oxygen atoms in total. The molecule has 1 saturated heterocycles. The van der Waals surface area contributed by atoms with Gasteiger partial charge in [0.25, 0.3) is 0 Å². The highest BCUT2D eigenvalue weighted by atomic mass is 16.5. The topological polar surface area (TPSA) is 49.8 Å². The second-order valence-electron chi connectivity index (χ2n) is 6.71. The van der Waals surface area contributed by atoms with Crippen molar-refractivity contribution in [2.75, 3.05) is 26.2 Å². The first kappa shape index (κ1) is 16.8. The Morgan fingerprint density at radius 2 is 2.14 bits per heavy atom. The first-order valence-electron chi connectivity index (χ1n) is 8.74. The number of aliphatic hydroxyl groups is 1. The lowest BCUT2D eigenvalue weighted by atomic mass is 9.71. The summed E-state index contributed by atoms with van der Waals surface area (Å²) in [4.78, 5) is 13.7. The molecule has 0 radical (unpaired) electrons. The summed E-state index contributed by atoms with van der Waals surface area (Å²) in [6.07, 6.45) is 9.33. The van der Waals surface area contributed by atoms with E-state index in [-0.39, 0.29) is 11.6 Å². The van der Waals surface area contributed by atoms with Crippen LogP contribution >= 0.6 is 0 Å². The summed E-state index contributed by atoms with van der Waals surface area (Å²) in [7, 11) is 0. The van der Waals surface area contributed by atoms with Crippen molar-refractivity contribution < 1.29 is 14.6 Å². The third-order valence-corrected chi connectivity index (χ3v) is 5.17. The van der Waals surface area contributed by atoms with Gasteiger partial charge >= 0.3 is 5.97 Å². The van der Waals surface area contributed by atoms with Gasteiger partial charge in [0.05, 0.1) is 12.2 Å². The minimum absolute atomic E-state index is 0.0669. The number of hydrogen-bond donors (Lipinski definition) is 1. The maximum absolute atomic E-state index is 11.2. The normalized spacial score (nSPS) is 29.9. The lowest BCUT2D eigenvalue weighted by Crippen LogP contribution is -2.53. The molecule has 0 aromatic carbocycles. The molecule has 1 heterocycles. The van der Waals surface area contributed by atoms with Crippen molar-refractivity contribution in [3.63, 3.8) is 0 Å². The van der Waals surface area contributed by atoms with Gasteiger partial charge in [-0.2, -0.15) is 0 Å². The zero-order valence-corrected chi connectivity index (χ0v) is 13.5. The van der Waals surface area contributed by atoms with E-state index >= 15 is 0 Å². The highest BCUT2D eigenvalue weighted by molar-refractivity contribution is 5.69. The van der Waals surface area contributed by atoms with E-state index in [1.807, 2.05) is 6.92 Å². The van der Waals surface area contributed by atoms with E-state index in [2.05, 4.69) is 4.90 Å². The number of carbonyl (C=O) groups is 1. The summed E-state index contributed by atoms with van der Waals surface area (Å²) in [5.41, 5.74) is -0.362. The first-order valence-corrected chi connectivity index (χ1v) is 8.74. The largest absolute Gasteiger partial charge is 0.466 e. The fraction of sp³-hybridized carbons (Fsp3) is 0.941. The Morgan fingerprint density at radius 1 is 1.29 bits per heavy atom. The van der Waals surface area contributed by atoms with Crippen molar-refractivity contribution in [2.45, 2.75) is 70.3 Å². The number of carbonyl (C=O) groups excluding carboxylic acids is 1. The predicted octanol–water partition coefficient (Wildman–Crippen LogP) is 2.74. The second kappa shape index (κ2) is 8.14. The van der Waals surface area contributed by atoms with Crippen LogP contribution in [0.1, 0.15) is 64.7 Å². The lowest BCUT2D eigenvalue weighted by molar-refractivity contribution is -0.143. The summed E-state index contributed by atoms with van der Waals surface area (Å²) in [5.74, 6) is 0.419. The molecule has 4 heteroatoms. The SMILES string of the molecule is CCOC(=O)CCCCCN1CCC2(O)CCCCC2C1. The molecule has 2 unspecified atom stereocenters. The molecular weight excluding hydrogens is 266 g/mol. The van der Waals surface area contributed by atoms with Gasteiger partial charge in [-0.15, -0.1) is 0 Å². The standard InChI is InChI=1S/C17H31NO3/c1-2-21-16(19)9-4-3-7-12-18-13-11-17(20)10-6-5-8-15(17)14-18/h15,20H,2-14H2,1H3. The van der Waals surface area contributed by atoms with Gasteiger partial charge in [-0.05, 0) is 45.6 Å². The van der Waals surface area contributed by atoms with Crippen molar-refractivity contribution in [3.05, 3.63) is 0 Å². The van der Waals surface area contributed by atoms with Crippen LogP contribution in [0, 0.1) is 5.92 Å². The molecule has 0 bridgehead atoms. The Morgan fingerprint density at radius 3 is 2.95 bits per heavy atom. The van der Waals surface area contributed by atoms with Gasteiger partial charge in [-0.1, -0.05) is 19.3 Å². The van der Waals surface area contributed by atoms with Crippen LogP contribution in [-0.2, 0) is 9.53 Å². The van der Waals surface area contributed by atoms with Gasteiger partial charge in [-0.25, -0.2) is 0 Å². The van der Waals surface area contributed by atoms with E-state index in [4.69, 9.17) is 4.74 Å². The molecule has 1 N–H and O–H groups in total. The zero-order chi connectivity index (χ0) is 15.1. The summed E-state index contributed by atoms with van der Waals surface area (Å²) < 4.78 is 4.93. The summed E-state index contributed by atoms with van der Waals surface area (Å²) in [6.45, 7) is 5.53. The molecule has 0 aromatic rings. The number of nitrogens with zero attached hydrogens (tertiary/aromatic N) is 1. The fourth-order valence-electron chi connectivity index (χ4n) is 3.86. The third kappa shape index (κ3) is 4.96. The molecule has 1 aliphatic heterocycles. The molecule has 1 saturated carbocycles. The fourth-order valence-corrected chi connectivity index (χ4v) is 3.86. The Hall–Kier alpha value is -0.610. The van der Waals surface area contributed by atoms with Crippen LogP contribution in [0.4, 0.5) is 0 Å². The van der Waals surface area contributed by atoms with E-state index in [1.165, 1.54) is 19.3 Å². The molecule has 1 aliphatic carbocycles. The number of esters is 1. The minimum atomic E-state index is -0.362. The molecule has 0 spiro atoms. The Balaban J connectivity index is 1.59. The van der Waals surface area contributed by atoms with Crippen LogP contribution < -0.4 is 0 Å². The third-order valence-electron chi connectivity index (χ3n) is 5.17. The van der Waals surface area contributed by atoms with E-state index in [0.717, 1.165) is 51.7 Å². The van der Waals surface area contributed by atoms with Crippen molar-refractivity contribution in [3.8, 4) is 0 Å². The van der Waals surface area contributed by atoms with Crippen molar-refractivity contribution in [2.24, 2.45) is 5.92 Å². The molecule has 122 valence electrons. The van der Waals surface area contributed by atoms with Gasteiger partial charge < -0.3 is 14.7 Å².